The quantitative estimate of drug-likeness (QED) is 0.479. The number of halogens is 6. The lowest BCUT2D eigenvalue weighted by atomic mass is 9.92. The first-order valence-corrected chi connectivity index (χ1v) is 5.81. The molecule has 0 spiro atoms. The molecule has 0 aromatic heterocycles. The molecule has 8 heteroatoms. The van der Waals surface area contributed by atoms with Crippen LogP contribution in [0, 0.1) is 31.3 Å². The van der Waals surface area contributed by atoms with E-state index in [0.29, 0.717) is 0 Å². The molecule has 1 heterocycles. The third-order valence-corrected chi connectivity index (χ3v) is 3.44. The highest BCUT2D eigenvalue weighted by atomic mass is 19.4. The van der Waals surface area contributed by atoms with Crippen molar-refractivity contribution < 1.29 is 36.2 Å². The number of benzene rings is 1. The van der Waals surface area contributed by atoms with E-state index in [-0.39, 0.29) is 11.1 Å². The van der Waals surface area contributed by atoms with Crippen molar-refractivity contribution in [1.82, 2.24) is 0 Å². The monoisotopic (exact) mass is 312 g/mol. The number of rotatable bonds is 1. The molecule has 0 aliphatic carbocycles. The number of alkyl halides is 3. The van der Waals surface area contributed by atoms with Crippen LogP contribution in [0.15, 0.2) is 11.3 Å². The summed E-state index contributed by atoms with van der Waals surface area (Å²) < 4.78 is 83.4. The van der Waals surface area contributed by atoms with E-state index in [1.165, 1.54) is 6.92 Å². The second kappa shape index (κ2) is 4.94. The molecule has 2 rings (SSSR count). The summed E-state index contributed by atoms with van der Waals surface area (Å²) >= 11 is 0. The third kappa shape index (κ3) is 2.37. The van der Waals surface area contributed by atoms with E-state index >= 15 is 0 Å². The van der Waals surface area contributed by atoms with Crippen molar-refractivity contribution in [2.24, 2.45) is 0 Å². The van der Waals surface area contributed by atoms with E-state index in [0.717, 1.165) is 6.92 Å². The zero-order valence-electron chi connectivity index (χ0n) is 10.9. The molecule has 0 bridgehead atoms. The molecule has 0 saturated carbocycles. The normalized spacial score (nSPS) is 21.2. The molecule has 1 fully saturated rings. The van der Waals surface area contributed by atoms with E-state index in [1.807, 2.05) is 0 Å². The molecule has 1 atom stereocenters. The van der Waals surface area contributed by atoms with Gasteiger partial charge in [0.15, 0.2) is 11.6 Å². The van der Waals surface area contributed by atoms with Gasteiger partial charge in [0.05, 0.1) is 12.2 Å². The molecule has 1 unspecified atom stereocenters. The highest BCUT2D eigenvalue weighted by Gasteiger charge is 2.44. The molecular formula is C13H10F6O2. The molecule has 1 aliphatic rings. The number of aliphatic hydroxyl groups is 1. The van der Waals surface area contributed by atoms with Gasteiger partial charge in [0.2, 0.25) is 5.76 Å². The molecule has 0 radical (unpaired) electrons. The van der Waals surface area contributed by atoms with Crippen molar-refractivity contribution in [3.8, 4) is 0 Å². The Morgan fingerprint density at radius 2 is 1.57 bits per heavy atom. The Morgan fingerprint density at radius 3 is 2.00 bits per heavy atom. The Morgan fingerprint density at radius 1 is 1.05 bits per heavy atom. The van der Waals surface area contributed by atoms with Crippen LogP contribution in [0.2, 0.25) is 0 Å². The highest BCUT2D eigenvalue weighted by Crippen LogP contribution is 2.43. The molecule has 1 saturated heterocycles. The van der Waals surface area contributed by atoms with Gasteiger partial charge >= 0.3 is 6.18 Å². The van der Waals surface area contributed by atoms with Crippen LogP contribution in [0.5, 0.6) is 0 Å². The minimum Gasteiger partial charge on any atom is -0.504 e. The number of allylic oxidation sites excluding steroid dienone is 1. The fourth-order valence-electron chi connectivity index (χ4n) is 2.02. The Labute approximate surface area is 115 Å². The van der Waals surface area contributed by atoms with Crippen molar-refractivity contribution in [2.45, 2.75) is 26.1 Å². The highest BCUT2D eigenvalue weighted by molar-refractivity contribution is 5.41. The summed E-state index contributed by atoms with van der Waals surface area (Å²) in [6.07, 6.45) is -6.86. The van der Waals surface area contributed by atoms with Gasteiger partial charge in [-0.15, -0.1) is 0 Å². The van der Waals surface area contributed by atoms with E-state index in [4.69, 9.17) is 9.84 Å². The summed E-state index contributed by atoms with van der Waals surface area (Å²) in [5.74, 6) is -6.14. The predicted octanol–water partition coefficient (Wildman–Crippen LogP) is 4.17. The van der Waals surface area contributed by atoms with E-state index in [1.54, 1.807) is 0 Å². The maximum Gasteiger partial charge on any atom is 0.448 e. The Kier molecular flexibility index (Phi) is 3.69. The Balaban J connectivity index is 2.60. The van der Waals surface area contributed by atoms with Gasteiger partial charge in [0.1, 0.15) is 11.9 Å². The lowest BCUT2D eigenvalue weighted by molar-refractivity contribution is -0.129. The first kappa shape index (κ1) is 15.7. The fraction of sp³-hybridized carbons (Fsp3) is 0.385. The Bertz CT molecular complexity index is 604. The van der Waals surface area contributed by atoms with Gasteiger partial charge in [-0.2, -0.15) is 13.2 Å². The number of hydrogen-bond acceptors (Lipinski definition) is 2. The SMILES string of the molecule is Cc1c(C)c(F)c(C2OC/C2=C(/O)C(F)(F)F)c(F)c1F. The van der Waals surface area contributed by atoms with Gasteiger partial charge in [-0.3, -0.25) is 0 Å². The molecule has 1 aromatic rings. The van der Waals surface area contributed by atoms with Gasteiger partial charge in [0, 0.05) is 5.57 Å². The number of hydrogen-bond donors (Lipinski definition) is 1. The van der Waals surface area contributed by atoms with Crippen LogP contribution in [0.1, 0.15) is 22.8 Å². The summed E-state index contributed by atoms with van der Waals surface area (Å²) in [6.45, 7) is 1.68. The van der Waals surface area contributed by atoms with Crippen LogP contribution < -0.4 is 0 Å². The molecular weight excluding hydrogens is 302 g/mol. The zero-order chi connectivity index (χ0) is 16.1. The first-order chi connectivity index (χ1) is 9.57. The summed E-state index contributed by atoms with van der Waals surface area (Å²) in [5.41, 5.74) is -2.21. The summed E-state index contributed by atoms with van der Waals surface area (Å²) in [6, 6.07) is 0. The molecule has 2 nitrogen and oxygen atoms in total. The standard InChI is InChI=1S/C13H10F6O2/c1-4-5(2)9(15)10(16)7(8(4)14)11-6(3-21-11)12(20)13(17,18)19/h11,20H,3H2,1-2H3/b12-6-. The predicted molar refractivity (Wildman–Crippen MR) is 60.2 cm³/mol. The van der Waals surface area contributed by atoms with Gasteiger partial charge in [-0.25, -0.2) is 13.2 Å². The lowest BCUT2D eigenvalue weighted by Crippen LogP contribution is -2.31. The minimum absolute atomic E-state index is 0.231. The van der Waals surface area contributed by atoms with Crippen molar-refractivity contribution in [1.29, 1.82) is 0 Å². The molecule has 116 valence electrons. The maximum atomic E-state index is 14.0. The summed E-state index contributed by atoms with van der Waals surface area (Å²) in [7, 11) is 0. The lowest BCUT2D eigenvalue weighted by Gasteiger charge is -2.33. The molecule has 1 N–H and O–H groups in total. The number of aliphatic hydroxyl groups excluding tert-OH is 1. The zero-order valence-corrected chi connectivity index (χ0v) is 10.9. The van der Waals surface area contributed by atoms with Crippen LogP contribution in [-0.4, -0.2) is 17.9 Å². The molecule has 1 aromatic carbocycles. The van der Waals surface area contributed by atoms with Crippen molar-refractivity contribution in [3.63, 3.8) is 0 Å². The fourth-order valence-corrected chi connectivity index (χ4v) is 2.02. The second-order valence-electron chi connectivity index (χ2n) is 4.67. The number of ether oxygens (including phenoxy) is 1. The first-order valence-electron chi connectivity index (χ1n) is 5.81. The summed E-state index contributed by atoms with van der Waals surface area (Å²) in [5, 5.41) is 9.05. The molecule has 1 aliphatic heterocycles. The van der Waals surface area contributed by atoms with Gasteiger partial charge < -0.3 is 9.84 Å². The van der Waals surface area contributed by atoms with E-state index in [2.05, 4.69) is 0 Å². The second-order valence-corrected chi connectivity index (χ2v) is 4.67. The smallest absolute Gasteiger partial charge is 0.448 e. The van der Waals surface area contributed by atoms with Crippen molar-refractivity contribution in [2.75, 3.05) is 6.61 Å². The van der Waals surface area contributed by atoms with Gasteiger partial charge in [0.25, 0.3) is 0 Å². The largest absolute Gasteiger partial charge is 0.504 e. The topological polar surface area (TPSA) is 29.5 Å². The van der Waals surface area contributed by atoms with E-state index in [9.17, 15) is 26.3 Å². The van der Waals surface area contributed by atoms with Crippen LogP contribution in [0.4, 0.5) is 26.3 Å². The molecule has 0 amide bonds. The van der Waals surface area contributed by atoms with Crippen molar-refractivity contribution >= 4 is 0 Å². The van der Waals surface area contributed by atoms with Gasteiger partial charge in [-0.05, 0) is 25.0 Å². The molecule has 21 heavy (non-hydrogen) atoms. The van der Waals surface area contributed by atoms with Crippen LogP contribution in [0.3, 0.4) is 0 Å². The third-order valence-electron chi connectivity index (χ3n) is 3.44. The Hall–Kier alpha value is -1.70. The van der Waals surface area contributed by atoms with Crippen LogP contribution in [0.25, 0.3) is 0 Å². The van der Waals surface area contributed by atoms with Gasteiger partial charge in [-0.1, -0.05) is 0 Å². The summed E-state index contributed by atoms with van der Waals surface area (Å²) in [4.78, 5) is 0. The van der Waals surface area contributed by atoms with Crippen LogP contribution in [-0.2, 0) is 4.74 Å². The van der Waals surface area contributed by atoms with E-state index < -0.39 is 53.2 Å². The van der Waals surface area contributed by atoms with Crippen LogP contribution >= 0.6 is 0 Å². The average molecular weight is 312 g/mol. The average Bonchev–Trinajstić information content (AvgIpc) is 2.36. The maximum absolute atomic E-state index is 14.0. The minimum atomic E-state index is -5.07. The van der Waals surface area contributed by atoms with Crippen molar-refractivity contribution in [3.05, 3.63) is 45.5 Å².